The molecule has 1 aromatic carbocycles. The van der Waals surface area contributed by atoms with Gasteiger partial charge in [-0.15, -0.1) is 11.3 Å². The maximum Gasteiger partial charge on any atom is 0.357 e. The lowest BCUT2D eigenvalue weighted by Gasteiger charge is -2.21. The van der Waals surface area contributed by atoms with Gasteiger partial charge in [0.25, 0.3) is 0 Å². The van der Waals surface area contributed by atoms with Gasteiger partial charge in [-0.25, -0.2) is 14.6 Å². The number of aromatic nitrogens is 1. The Morgan fingerprint density at radius 2 is 2.00 bits per heavy atom. The molecule has 0 spiro atoms. The van der Waals surface area contributed by atoms with Crippen LogP contribution in [0.1, 0.15) is 35.8 Å². The zero-order chi connectivity index (χ0) is 17.4. The molecule has 1 heterocycles. The summed E-state index contributed by atoms with van der Waals surface area (Å²) < 4.78 is 4.93. The molecule has 0 atom stereocenters. The molecule has 2 amide bonds. The van der Waals surface area contributed by atoms with Crippen molar-refractivity contribution in [1.29, 1.82) is 0 Å². The second-order valence-corrected chi connectivity index (χ2v) is 6.01. The monoisotopic (exact) mass is 347 g/mol. The van der Waals surface area contributed by atoms with E-state index in [1.54, 1.807) is 17.2 Å². The summed E-state index contributed by atoms with van der Waals surface area (Å²) in [5.41, 5.74) is 1.03. The molecule has 7 heteroatoms. The topological polar surface area (TPSA) is 71.5 Å². The first-order valence-electron chi connectivity index (χ1n) is 7.86. The molecular weight excluding hydrogens is 326 g/mol. The summed E-state index contributed by atoms with van der Waals surface area (Å²) in [4.78, 5) is 30.1. The third-order valence-corrected chi connectivity index (χ3v) is 4.00. The highest BCUT2D eigenvalue weighted by Crippen LogP contribution is 2.15. The molecule has 0 unspecified atom stereocenters. The molecule has 0 aliphatic rings. The van der Waals surface area contributed by atoms with Crippen molar-refractivity contribution in [2.24, 2.45) is 0 Å². The van der Waals surface area contributed by atoms with Gasteiger partial charge < -0.3 is 15.0 Å². The maximum atomic E-state index is 12.5. The van der Waals surface area contributed by atoms with E-state index >= 15 is 0 Å². The highest BCUT2D eigenvalue weighted by Gasteiger charge is 2.17. The van der Waals surface area contributed by atoms with Crippen LogP contribution in [-0.2, 0) is 11.3 Å². The largest absolute Gasteiger partial charge is 0.461 e. The van der Waals surface area contributed by atoms with Gasteiger partial charge in [0.1, 0.15) is 5.01 Å². The third-order valence-electron chi connectivity index (χ3n) is 3.17. The number of nitrogens with zero attached hydrogens (tertiary/aromatic N) is 2. The van der Waals surface area contributed by atoms with Crippen LogP contribution in [0.2, 0.25) is 0 Å². The number of hydrogen-bond donors (Lipinski definition) is 1. The van der Waals surface area contributed by atoms with Gasteiger partial charge in [0.15, 0.2) is 5.69 Å². The molecule has 1 N–H and O–H groups in total. The Morgan fingerprint density at radius 3 is 2.67 bits per heavy atom. The average molecular weight is 347 g/mol. The van der Waals surface area contributed by atoms with Crippen molar-refractivity contribution in [1.82, 2.24) is 9.88 Å². The van der Waals surface area contributed by atoms with Crippen molar-refractivity contribution >= 4 is 29.0 Å². The van der Waals surface area contributed by atoms with E-state index in [0.717, 1.165) is 12.1 Å². The molecule has 0 radical (unpaired) electrons. The number of carbonyl (C=O) groups excluding carboxylic acids is 2. The summed E-state index contributed by atoms with van der Waals surface area (Å²) >= 11 is 1.35. The molecule has 2 rings (SSSR count). The minimum Gasteiger partial charge on any atom is -0.461 e. The molecule has 0 saturated carbocycles. The number of ether oxygens (including phenoxy) is 1. The van der Waals surface area contributed by atoms with Crippen LogP contribution in [0, 0.1) is 0 Å². The number of thiazole rings is 1. The predicted octanol–water partition coefficient (Wildman–Crippen LogP) is 3.76. The van der Waals surface area contributed by atoms with Crippen LogP contribution in [0.3, 0.4) is 0 Å². The average Bonchev–Trinajstić information content (AvgIpc) is 3.04. The molecule has 0 aliphatic carbocycles. The quantitative estimate of drug-likeness (QED) is 0.774. The number of hydrogen-bond acceptors (Lipinski definition) is 5. The van der Waals surface area contributed by atoms with Crippen molar-refractivity contribution in [3.63, 3.8) is 0 Å². The highest BCUT2D eigenvalue weighted by molar-refractivity contribution is 7.09. The standard InChI is InChI=1S/C17H21N3O3S/c1-3-10-20(17(22)18-13-8-6-5-7-9-13)11-15-19-14(12-24-15)16(21)23-4-2/h5-9,12H,3-4,10-11H2,1-2H3,(H,18,22). The van der Waals surface area contributed by atoms with Crippen molar-refractivity contribution in [3.05, 3.63) is 46.4 Å². The minimum absolute atomic E-state index is 0.184. The second-order valence-electron chi connectivity index (χ2n) is 5.06. The van der Waals surface area contributed by atoms with Crippen LogP contribution in [-0.4, -0.2) is 35.0 Å². The Morgan fingerprint density at radius 1 is 1.25 bits per heavy atom. The van der Waals surface area contributed by atoms with E-state index in [9.17, 15) is 9.59 Å². The number of amides is 2. The molecule has 6 nitrogen and oxygen atoms in total. The van der Waals surface area contributed by atoms with E-state index in [-0.39, 0.29) is 11.7 Å². The van der Waals surface area contributed by atoms with Gasteiger partial charge in [0.2, 0.25) is 0 Å². The number of benzene rings is 1. The first-order valence-corrected chi connectivity index (χ1v) is 8.74. The Labute approximate surface area is 145 Å². The first-order chi connectivity index (χ1) is 11.6. The SMILES string of the molecule is CCCN(Cc1nc(C(=O)OCC)cs1)C(=O)Nc1ccccc1. The van der Waals surface area contributed by atoms with Gasteiger partial charge in [-0.1, -0.05) is 25.1 Å². The van der Waals surface area contributed by atoms with E-state index in [1.807, 2.05) is 37.3 Å². The number of urea groups is 1. The Balaban J connectivity index is 2.02. The van der Waals surface area contributed by atoms with Gasteiger partial charge in [0, 0.05) is 17.6 Å². The Hall–Kier alpha value is -2.41. The van der Waals surface area contributed by atoms with Crippen LogP contribution in [0.4, 0.5) is 10.5 Å². The molecule has 2 aromatic rings. The molecule has 128 valence electrons. The van der Waals surface area contributed by atoms with Crippen molar-refractivity contribution in [2.45, 2.75) is 26.8 Å². The van der Waals surface area contributed by atoms with E-state index in [1.165, 1.54) is 11.3 Å². The van der Waals surface area contributed by atoms with Crippen LogP contribution in [0.25, 0.3) is 0 Å². The molecule has 0 fully saturated rings. The van der Waals surface area contributed by atoms with Crippen LogP contribution < -0.4 is 5.32 Å². The lowest BCUT2D eigenvalue weighted by molar-refractivity contribution is 0.0520. The van der Waals surface area contributed by atoms with Gasteiger partial charge in [-0.3, -0.25) is 0 Å². The fraction of sp³-hybridized carbons (Fsp3) is 0.353. The highest BCUT2D eigenvalue weighted by atomic mass is 32.1. The predicted molar refractivity (Wildman–Crippen MR) is 94.2 cm³/mol. The molecule has 0 aliphatic heterocycles. The maximum absolute atomic E-state index is 12.5. The van der Waals surface area contributed by atoms with Crippen LogP contribution >= 0.6 is 11.3 Å². The van der Waals surface area contributed by atoms with Crippen molar-refractivity contribution in [3.8, 4) is 0 Å². The summed E-state index contributed by atoms with van der Waals surface area (Å²) in [7, 11) is 0. The van der Waals surface area contributed by atoms with Crippen molar-refractivity contribution in [2.75, 3.05) is 18.5 Å². The smallest absolute Gasteiger partial charge is 0.357 e. The Bertz CT molecular complexity index is 673. The van der Waals surface area contributed by atoms with E-state index in [0.29, 0.717) is 24.7 Å². The molecule has 1 aromatic heterocycles. The molecule has 0 saturated heterocycles. The van der Waals surface area contributed by atoms with E-state index in [2.05, 4.69) is 10.3 Å². The number of anilines is 1. The summed E-state index contributed by atoms with van der Waals surface area (Å²) in [5.74, 6) is -0.434. The number of carbonyl (C=O) groups is 2. The lowest BCUT2D eigenvalue weighted by atomic mass is 10.3. The molecular formula is C17H21N3O3S. The number of para-hydroxylation sites is 1. The van der Waals surface area contributed by atoms with Gasteiger partial charge in [-0.2, -0.15) is 0 Å². The fourth-order valence-electron chi connectivity index (χ4n) is 2.09. The third kappa shape index (κ3) is 5.06. The van der Waals surface area contributed by atoms with Crippen LogP contribution in [0.5, 0.6) is 0 Å². The fourth-order valence-corrected chi connectivity index (χ4v) is 2.87. The van der Waals surface area contributed by atoms with Crippen LogP contribution in [0.15, 0.2) is 35.7 Å². The summed E-state index contributed by atoms with van der Waals surface area (Å²) in [6, 6.07) is 9.12. The van der Waals surface area contributed by atoms with Gasteiger partial charge >= 0.3 is 12.0 Å². The zero-order valence-electron chi connectivity index (χ0n) is 13.8. The molecule has 24 heavy (non-hydrogen) atoms. The zero-order valence-corrected chi connectivity index (χ0v) is 14.6. The van der Waals surface area contributed by atoms with E-state index in [4.69, 9.17) is 4.74 Å². The number of rotatable bonds is 7. The minimum atomic E-state index is -0.434. The first kappa shape index (κ1) is 17.9. The van der Waals surface area contributed by atoms with Gasteiger partial charge in [-0.05, 0) is 25.5 Å². The second kappa shape index (κ2) is 9.02. The van der Waals surface area contributed by atoms with Gasteiger partial charge in [0.05, 0.1) is 13.2 Å². The normalized spacial score (nSPS) is 10.2. The summed E-state index contributed by atoms with van der Waals surface area (Å²) in [6.07, 6.45) is 0.832. The number of nitrogens with one attached hydrogen (secondary N) is 1. The summed E-state index contributed by atoms with van der Waals surface area (Å²) in [6.45, 7) is 5.04. The van der Waals surface area contributed by atoms with Crippen molar-refractivity contribution < 1.29 is 14.3 Å². The number of esters is 1. The lowest BCUT2D eigenvalue weighted by Crippen LogP contribution is -2.35. The summed E-state index contributed by atoms with van der Waals surface area (Å²) in [5, 5.41) is 5.23. The van der Waals surface area contributed by atoms with E-state index < -0.39 is 5.97 Å². The Kier molecular flexibility index (Phi) is 6.74. The molecule has 0 bridgehead atoms.